The predicted octanol–water partition coefficient (Wildman–Crippen LogP) is 4.79. The first-order valence-corrected chi connectivity index (χ1v) is 16.9. The van der Waals surface area contributed by atoms with Crippen molar-refractivity contribution in [2.24, 2.45) is 5.41 Å². The highest BCUT2D eigenvalue weighted by molar-refractivity contribution is 8.69. The Hall–Kier alpha value is -1.45. The number of thiol groups is 1. The molecule has 0 aliphatic carbocycles. The lowest BCUT2D eigenvalue weighted by Gasteiger charge is -2.29. The molecule has 2 N–H and O–H groups in total. The van der Waals surface area contributed by atoms with Crippen LogP contribution in [0.1, 0.15) is 73.6 Å². The van der Waals surface area contributed by atoms with Gasteiger partial charge >= 0.3 is 18.2 Å². The monoisotopic (exact) mass is 656 g/mol. The van der Waals surface area contributed by atoms with Crippen LogP contribution in [0.4, 0.5) is 9.59 Å². The molecule has 0 fully saturated rings. The summed E-state index contributed by atoms with van der Waals surface area (Å²) < 4.78 is 37.3. The van der Waals surface area contributed by atoms with Crippen LogP contribution in [0, 0.1) is 5.41 Å². The van der Waals surface area contributed by atoms with Crippen LogP contribution in [0.3, 0.4) is 0 Å². The molecular formula is C29H56N2O10S2. The number of alkyl carbamates (subject to hydrolysis) is 2. The minimum atomic E-state index is -0.617. The first-order valence-electron chi connectivity index (χ1n) is 15.0. The third-order valence-corrected chi connectivity index (χ3v) is 8.13. The van der Waals surface area contributed by atoms with E-state index in [0.29, 0.717) is 39.6 Å². The summed E-state index contributed by atoms with van der Waals surface area (Å²) in [7, 11) is 1.62. The summed E-state index contributed by atoms with van der Waals surface area (Å²) in [4.78, 5) is 34.7. The lowest BCUT2D eigenvalue weighted by molar-refractivity contribution is -0.151. The van der Waals surface area contributed by atoms with Crippen molar-refractivity contribution in [3.8, 4) is 0 Å². The Kier molecular flexibility index (Phi) is 25.0. The molecule has 0 heterocycles. The molecule has 0 saturated carbocycles. The second-order valence-electron chi connectivity index (χ2n) is 11.5. The maximum absolute atomic E-state index is 11.8. The zero-order chi connectivity index (χ0) is 32.4. The smallest absolute Gasteiger partial charge is 0.407 e. The van der Waals surface area contributed by atoms with E-state index < -0.39 is 24.3 Å². The normalized spacial score (nSPS) is 12.4. The Morgan fingerprint density at radius 1 is 0.674 bits per heavy atom. The van der Waals surface area contributed by atoms with Crippen molar-refractivity contribution in [1.82, 2.24) is 10.6 Å². The van der Waals surface area contributed by atoms with Gasteiger partial charge in [-0.15, -0.1) is 11.7 Å². The van der Waals surface area contributed by atoms with E-state index in [-0.39, 0.29) is 43.1 Å². The summed E-state index contributed by atoms with van der Waals surface area (Å²) in [5.74, 6) is -0.407. The number of nitrogens with one attached hydrogen (secondary N) is 2. The van der Waals surface area contributed by atoms with E-state index in [4.69, 9.17) is 33.2 Å². The van der Waals surface area contributed by atoms with Gasteiger partial charge in [-0.05, 0) is 26.7 Å². The van der Waals surface area contributed by atoms with Crippen LogP contribution < -0.4 is 10.6 Å². The molecule has 0 saturated heterocycles. The van der Waals surface area contributed by atoms with E-state index in [2.05, 4.69) is 36.1 Å². The molecule has 0 aromatic rings. The predicted molar refractivity (Wildman–Crippen MR) is 171 cm³/mol. The summed E-state index contributed by atoms with van der Waals surface area (Å²) in [6, 6.07) is 0. The van der Waals surface area contributed by atoms with E-state index in [0.717, 1.165) is 19.4 Å². The maximum atomic E-state index is 11.8. The molecular weight excluding hydrogens is 600 g/mol. The van der Waals surface area contributed by atoms with Crippen molar-refractivity contribution >= 4 is 40.6 Å². The second-order valence-corrected chi connectivity index (χ2v) is 13.3. The van der Waals surface area contributed by atoms with Gasteiger partial charge in [0.05, 0.1) is 52.8 Å². The van der Waals surface area contributed by atoms with Gasteiger partial charge in [0.25, 0.3) is 0 Å². The molecule has 14 heteroatoms. The first-order chi connectivity index (χ1) is 20.4. The Bertz CT molecular complexity index is 739. The molecule has 2 amide bonds. The van der Waals surface area contributed by atoms with Gasteiger partial charge < -0.3 is 43.8 Å². The van der Waals surface area contributed by atoms with Crippen molar-refractivity contribution in [2.75, 3.05) is 79.2 Å². The number of hydrogen-bond acceptors (Lipinski definition) is 12. The Morgan fingerprint density at radius 2 is 1.16 bits per heavy atom. The number of carbonyl (C=O) groups excluding carboxylic acids is 3. The fourth-order valence-electron chi connectivity index (χ4n) is 3.41. The largest absolute Gasteiger partial charge is 0.460 e. The highest BCUT2D eigenvalue weighted by atomic mass is 33.1. The minimum Gasteiger partial charge on any atom is -0.460 e. The van der Waals surface area contributed by atoms with Crippen LogP contribution in [0.5, 0.6) is 0 Å². The Morgan fingerprint density at radius 3 is 1.70 bits per heavy atom. The average molecular weight is 657 g/mol. The quantitative estimate of drug-likeness (QED) is 0.0389. The maximum Gasteiger partial charge on any atom is 0.407 e. The van der Waals surface area contributed by atoms with E-state index >= 15 is 0 Å². The van der Waals surface area contributed by atoms with Crippen LogP contribution in [-0.2, 0) is 38.0 Å². The van der Waals surface area contributed by atoms with Gasteiger partial charge in [0.2, 0.25) is 0 Å². The molecule has 1 unspecified atom stereocenters. The van der Waals surface area contributed by atoms with E-state index in [1.807, 2.05) is 20.8 Å². The molecule has 0 rings (SSSR count). The van der Waals surface area contributed by atoms with Crippen molar-refractivity contribution < 1.29 is 47.5 Å². The van der Waals surface area contributed by atoms with E-state index in [1.165, 1.54) is 26.2 Å². The Balaban J connectivity index is 3.45. The van der Waals surface area contributed by atoms with Crippen LogP contribution in [0.25, 0.3) is 0 Å². The molecule has 254 valence electrons. The highest BCUT2D eigenvalue weighted by Gasteiger charge is 2.28. The zero-order valence-electron chi connectivity index (χ0n) is 27.0. The van der Waals surface area contributed by atoms with E-state index in [9.17, 15) is 14.4 Å². The van der Waals surface area contributed by atoms with Gasteiger partial charge in [0.15, 0.2) is 0 Å². The zero-order valence-corrected chi connectivity index (χ0v) is 28.7. The third kappa shape index (κ3) is 27.8. The van der Waals surface area contributed by atoms with Crippen LogP contribution >= 0.6 is 22.5 Å². The van der Waals surface area contributed by atoms with Crippen molar-refractivity contribution in [3.63, 3.8) is 0 Å². The van der Waals surface area contributed by atoms with Crippen LogP contribution in [-0.4, -0.2) is 108 Å². The van der Waals surface area contributed by atoms with Gasteiger partial charge in [-0.1, -0.05) is 50.8 Å². The fourth-order valence-corrected chi connectivity index (χ4v) is 3.92. The standard InChI is InChI=1S/C29H56N2O10S2/c1-24(32)41-25(28(2,3)4)23-31-27(34)40-22-20-38-18-17-37-19-21-39-26(33)30-12-14-36-16-15-35-13-10-8-7-9-11-29(5,6)43-42/h25,42H,7-23H2,1-6H3,(H,30,33)(H,31,34). The van der Waals surface area contributed by atoms with Gasteiger partial charge in [-0.2, -0.15) is 0 Å². The number of rotatable bonds is 26. The van der Waals surface area contributed by atoms with Crippen molar-refractivity contribution in [3.05, 3.63) is 0 Å². The second kappa shape index (κ2) is 25.8. The average Bonchev–Trinajstić information content (AvgIpc) is 2.93. The van der Waals surface area contributed by atoms with E-state index in [1.54, 1.807) is 10.8 Å². The summed E-state index contributed by atoms with van der Waals surface area (Å²) in [5, 5.41) is 5.20. The third-order valence-electron chi connectivity index (χ3n) is 5.95. The summed E-state index contributed by atoms with van der Waals surface area (Å²) in [6.45, 7) is 15.3. The topological polar surface area (TPSA) is 140 Å². The number of carbonyl (C=O) groups is 3. The molecule has 0 bridgehead atoms. The number of hydrogen-bond donors (Lipinski definition) is 3. The van der Waals surface area contributed by atoms with Gasteiger partial charge in [0.1, 0.15) is 19.3 Å². The van der Waals surface area contributed by atoms with Crippen molar-refractivity contribution in [2.45, 2.75) is 84.5 Å². The first kappa shape index (κ1) is 41.5. The molecule has 1 atom stereocenters. The fraction of sp³-hybridized carbons (Fsp3) is 0.897. The molecule has 0 radical (unpaired) electrons. The molecule has 43 heavy (non-hydrogen) atoms. The number of esters is 1. The van der Waals surface area contributed by atoms with Crippen LogP contribution in [0.2, 0.25) is 0 Å². The lowest BCUT2D eigenvalue weighted by atomic mass is 9.89. The SMILES string of the molecule is CC(=O)OC(CNC(=O)OCCOCCOCCOC(=O)NCCOCCOCCCCCCC(C)(C)SS)C(C)(C)C. The lowest BCUT2D eigenvalue weighted by Crippen LogP contribution is -2.42. The summed E-state index contributed by atoms with van der Waals surface area (Å²) >= 11 is 4.31. The van der Waals surface area contributed by atoms with Crippen LogP contribution in [0.15, 0.2) is 0 Å². The van der Waals surface area contributed by atoms with Crippen molar-refractivity contribution in [1.29, 1.82) is 0 Å². The van der Waals surface area contributed by atoms with Gasteiger partial charge in [-0.3, -0.25) is 4.79 Å². The number of amides is 2. The highest BCUT2D eigenvalue weighted by Crippen LogP contribution is 2.32. The minimum absolute atomic E-state index is 0.0648. The van der Waals surface area contributed by atoms with Gasteiger partial charge in [0, 0.05) is 30.2 Å². The molecule has 0 spiro atoms. The molecule has 12 nitrogen and oxygen atoms in total. The molecule has 0 aromatic carbocycles. The molecule has 0 aromatic heterocycles. The summed E-state index contributed by atoms with van der Waals surface area (Å²) in [5.41, 5.74) is -0.328. The number of ether oxygens (including phenoxy) is 7. The Labute approximate surface area is 267 Å². The number of unbranched alkanes of at least 4 members (excludes halogenated alkanes) is 3. The van der Waals surface area contributed by atoms with Gasteiger partial charge in [-0.25, -0.2) is 9.59 Å². The summed E-state index contributed by atoms with van der Waals surface area (Å²) in [6.07, 6.45) is 4.18. The molecule has 0 aliphatic heterocycles. The molecule has 0 aliphatic rings.